The van der Waals surface area contributed by atoms with Crippen LogP contribution >= 0.6 is 0 Å². The summed E-state index contributed by atoms with van der Waals surface area (Å²) in [6.07, 6.45) is 1.59. The zero-order valence-corrected chi connectivity index (χ0v) is 10.8. The monoisotopic (exact) mass is 241 g/mol. The van der Waals surface area contributed by atoms with Gasteiger partial charge in [-0.1, -0.05) is 49.7 Å². The third-order valence-electron chi connectivity index (χ3n) is 3.23. The first-order chi connectivity index (χ1) is 8.77. The summed E-state index contributed by atoms with van der Waals surface area (Å²) >= 11 is 0. The molecule has 1 radical (unpaired) electrons. The Hall–Kier alpha value is -1.83. The fourth-order valence-corrected chi connectivity index (χ4v) is 2.43. The summed E-state index contributed by atoms with van der Waals surface area (Å²) in [5.74, 6) is 0. The Labute approximate surface area is 108 Å². The van der Waals surface area contributed by atoms with Crippen LogP contribution in [-0.4, -0.2) is 6.47 Å². The molecule has 0 N–H and O–H groups in total. The fourth-order valence-electron chi connectivity index (χ4n) is 2.43. The van der Waals surface area contributed by atoms with E-state index >= 15 is 0 Å². The average Bonchev–Trinajstić information content (AvgIpc) is 2.38. The summed E-state index contributed by atoms with van der Waals surface area (Å²) in [6.45, 7) is 5.75. The van der Waals surface area contributed by atoms with Crippen molar-refractivity contribution in [2.24, 2.45) is 0 Å². The van der Waals surface area contributed by atoms with Crippen molar-refractivity contribution in [3.8, 4) is 0 Å². The van der Waals surface area contributed by atoms with E-state index in [1.54, 1.807) is 6.47 Å². The largest absolute Gasteiger partial charge is 0.449 e. The lowest BCUT2D eigenvalue weighted by molar-refractivity contribution is 0.170. The molecule has 0 amide bonds. The molecule has 1 unspecified atom stereocenters. The lowest BCUT2D eigenvalue weighted by Crippen LogP contribution is -2.04. The molecule has 2 nitrogen and oxygen atoms in total. The van der Waals surface area contributed by atoms with E-state index in [1.165, 1.54) is 16.3 Å². The van der Waals surface area contributed by atoms with Crippen LogP contribution in [0.25, 0.3) is 10.8 Å². The Balaban J connectivity index is 2.57. The maximum atomic E-state index is 10.5. The molecule has 18 heavy (non-hydrogen) atoms. The number of hydrogen-bond donors (Lipinski definition) is 0. The number of carbonyl (C=O) groups excluding carboxylic acids is 1. The Morgan fingerprint density at radius 1 is 1.22 bits per heavy atom. The Morgan fingerprint density at radius 2 is 1.94 bits per heavy atom. The first kappa shape index (κ1) is 12.6. The van der Waals surface area contributed by atoms with Crippen LogP contribution in [0.4, 0.5) is 0 Å². The van der Waals surface area contributed by atoms with Crippen LogP contribution in [-0.2, 0) is 9.53 Å². The Kier molecular flexibility index (Phi) is 3.98. The standard InChI is InChI=1S/C16H17O2/c1-3-6-15(18-11-17)14-10-5-9-13-8-4-7-12(2)16(13)14/h4-5,7-10,15H,3,6H2,1-2H3. The summed E-state index contributed by atoms with van der Waals surface area (Å²) < 4.78 is 5.13. The highest BCUT2D eigenvalue weighted by molar-refractivity contribution is 5.89. The molecular formula is C16H17O2. The molecule has 0 spiro atoms. The minimum absolute atomic E-state index is 0.197. The van der Waals surface area contributed by atoms with Gasteiger partial charge in [0.15, 0.2) is 0 Å². The first-order valence-corrected chi connectivity index (χ1v) is 6.29. The normalized spacial score (nSPS) is 12.3. The maximum Gasteiger partial charge on any atom is 0.418 e. The molecule has 0 heterocycles. The summed E-state index contributed by atoms with van der Waals surface area (Å²) in [4.78, 5) is 10.5. The average molecular weight is 241 g/mol. The van der Waals surface area contributed by atoms with Crippen molar-refractivity contribution in [1.29, 1.82) is 0 Å². The van der Waals surface area contributed by atoms with Crippen molar-refractivity contribution in [3.63, 3.8) is 0 Å². The smallest absolute Gasteiger partial charge is 0.418 e. The van der Waals surface area contributed by atoms with Crippen molar-refractivity contribution in [2.45, 2.75) is 32.8 Å². The van der Waals surface area contributed by atoms with Crippen LogP contribution in [0.15, 0.2) is 36.4 Å². The molecule has 0 aliphatic heterocycles. The van der Waals surface area contributed by atoms with Crippen molar-refractivity contribution in [3.05, 3.63) is 47.5 Å². The molecule has 0 bridgehead atoms. The molecule has 0 saturated carbocycles. The van der Waals surface area contributed by atoms with Gasteiger partial charge in [-0.3, -0.25) is 0 Å². The fraction of sp³-hybridized carbons (Fsp3) is 0.312. The number of fused-ring (bicyclic) bond motifs is 1. The van der Waals surface area contributed by atoms with Gasteiger partial charge in [-0.15, -0.1) is 0 Å². The quantitative estimate of drug-likeness (QED) is 0.788. The topological polar surface area (TPSA) is 26.3 Å². The molecule has 2 heteroatoms. The molecule has 1 atom stereocenters. The van der Waals surface area contributed by atoms with Crippen LogP contribution in [0.5, 0.6) is 0 Å². The van der Waals surface area contributed by atoms with Gasteiger partial charge in [0.05, 0.1) is 0 Å². The van der Waals surface area contributed by atoms with Crippen LogP contribution in [0.2, 0.25) is 0 Å². The van der Waals surface area contributed by atoms with E-state index in [0.29, 0.717) is 0 Å². The maximum absolute atomic E-state index is 10.5. The van der Waals surface area contributed by atoms with Gasteiger partial charge in [0, 0.05) is 5.56 Å². The molecule has 93 valence electrons. The molecule has 0 fully saturated rings. The van der Waals surface area contributed by atoms with E-state index in [0.717, 1.165) is 18.4 Å². The summed E-state index contributed by atoms with van der Waals surface area (Å²) in [7, 11) is 0. The van der Waals surface area contributed by atoms with Crippen LogP contribution in [0.3, 0.4) is 0 Å². The van der Waals surface area contributed by atoms with Gasteiger partial charge >= 0.3 is 6.47 Å². The molecule has 2 aromatic rings. The van der Waals surface area contributed by atoms with Crippen molar-refractivity contribution < 1.29 is 9.53 Å². The van der Waals surface area contributed by atoms with E-state index in [-0.39, 0.29) is 6.10 Å². The summed E-state index contributed by atoms with van der Waals surface area (Å²) in [5.41, 5.74) is 2.29. The van der Waals surface area contributed by atoms with Crippen molar-refractivity contribution in [1.82, 2.24) is 0 Å². The number of benzene rings is 2. The molecule has 0 aromatic heterocycles. The second-order valence-electron chi connectivity index (χ2n) is 4.50. The number of ether oxygens (including phenoxy) is 1. The first-order valence-electron chi connectivity index (χ1n) is 6.29. The van der Waals surface area contributed by atoms with Crippen LogP contribution in [0.1, 0.15) is 37.0 Å². The lowest BCUT2D eigenvalue weighted by atomic mass is 9.95. The highest BCUT2D eigenvalue weighted by atomic mass is 16.5. The van der Waals surface area contributed by atoms with E-state index in [4.69, 9.17) is 4.74 Å². The summed E-state index contributed by atoms with van der Waals surface area (Å²) in [6, 6.07) is 12.3. The van der Waals surface area contributed by atoms with E-state index < -0.39 is 0 Å². The predicted molar refractivity (Wildman–Crippen MR) is 73.1 cm³/mol. The second-order valence-corrected chi connectivity index (χ2v) is 4.50. The Morgan fingerprint density at radius 3 is 2.61 bits per heavy atom. The van der Waals surface area contributed by atoms with Gasteiger partial charge in [-0.2, -0.15) is 0 Å². The molecule has 0 aliphatic rings. The summed E-state index contributed by atoms with van der Waals surface area (Å²) in [5, 5.41) is 2.37. The molecule has 0 saturated heterocycles. The third-order valence-corrected chi connectivity index (χ3v) is 3.23. The van der Waals surface area contributed by atoms with Gasteiger partial charge in [0.2, 0.25) is 0 Å². The highest BCUT2D eigenvalue weighted by Crippen LogP contribution is 2.31. The molecule has 0 aliphatic carbocycles. The third kappa shape index (κ3) is 2.37. The molecular weight excluding hydrogens is 224 g/mol. The van der Waals surface area contributed by atoms with Gasteiger partial charge in [0.1, 0.15) is 6.10 Å². The second kappa shape index (κ2) is 5.67. The van der Waals surface area contributed by atoms with Crippen LogP contribution < -0.4 is 0 Å². The molecule has 2 rings (SSSR count). The molecule has 2 aromatic carbocycles. The van der Waals surface area contributed by atoms with Gasteiger partial charge < -0.3 is 4.74 Å². The van der Waals surface area contributed by atoms with Crippen LogP contribution in [0, 0.1) is 6.92 Å². The van der Waals surface area contributed by atoms with E-state index in [9.17, 15) is 4.79 Å². The highest BCUT2D eigenvalue weighted by Gasteiger charge is 2.15. The SMILES string of the molecule is CCCC(O[C]=O)c1cccc2cccc(C)c12. The van der Waals surface area contributed by atoms with Crippen molar-refractivity contribution >= 4 is 17.2 Å². The predicted octanol–water partition coefficient (Wildman–Crippen LogP) is 4.07. The number of rotatable bonds is 5. The zero-order chi connectivity index (χ0) is 13.0. The lowest BCUT2D eigenvalue weighted by Gasteiger charge is -2.17. The van der Waals surface area contributed by atoms with Crippen molar-refractivity contribution in [2.75, 3.05) is 0 Å². The minimum atomic E-state index is -0.197. The number of hydrogen-bond acceptors (Lipinski definition) is 2. The van der Waals surface area contributed by atoms with Gasteiger partial charge in [0.25, 0.3) is 0 Å². The van der Waals surface area contributed by atoms with Gasteiger partial charge in [-0.25, -0.2) is 4.79 Å². The van der Waals surface area contributed by atoms with E-state index in [2.05, 4.69) is 32.0 Å². The zero-order valence-electron chi connectivity index (χ0n) is 10.8. The number of aryl methyl sites for hydroxylation is 1. The Bertz CT molecular complexity index is 541. The van der Waals surface area contributed by atoms with Gasteiger partial charge in [-0.05, 0) is 29.7 Å². The van der Waals surface area contributed by atoms with E-state index in [1.807, 2.05) is 18.2 Å². The minimum Gasteiger partial charge on any atom is -0.449 e.